The van der Waals surface area contributed by atoms with Gasteiger partial charge in [-0.25, -0.2) is 9.97 Å². The molecule has 0 aliphatic heterocycles. The molecule has 0 unspecified atom stereocenters. The van der Waals surface area contributed by atoms with Gasteiger partial charge in [-0.15, -0.1) is 0 Å². The summed E-state index contributed by atoms with van der Waals surface area (Å²) in [6.07, 6.45) is 0. The van der Waals surface area contributed by atoms with E-state index in [0.29, 0.717) is 0 Å². The summed E-state index contributed by atoms with van der Waals surface area (Å²) in [6.45, 7) is 7.29. The van der Waals surface area contributed by atoms with Crippen molar-refractivity contribution >= 4 is 28.4 Å². The molecule has 0 aliphatic carbocycles. The smallest absolute Gasteiger partial charge is 0.145 e. The van der Waals surface area contributed by atoms with Crippen LogP contribution in [0.15, 0.2) is 0 Å². The Morgan fingerprint density at radius 1 is 1.24 bits per heavy atom. The summed E-state index contributed by atoms with van der Waals surface area (Å²) >= 11 is 2.32. The molecule has 1 N–H and O–H groups in total. The number of hydrogen-bond acceptors (Lipinski definition) is 4. The molecule has 4 nitrogen and oxygen atoms in total. The van der Waals surface area contributed by atoms with Gasteiger partial charge >= 0.3 is 0 Å². The summed E-state index contributed by atoms with van der Waals surface area (Å²) in [6, 6.07) is 0. The Balaban J connectivity index is 3.29. The highest BCUT2D eigenvalue weighted by Gasteiger charge is 2.22. The van der Waals surface area contributed by atoms with E-state index in [4.69, 9.17) is 4.98 Å². The predicted octanol–water partition coefficient (Wildman–Crippen LogP) is 2.48. The summed E-state index contributed by atoms with van der Waals surface area (Å²) < 4.78 is 1.11. The molecule has 0 spiro atoms. The topological polar surface area (TPSA) is 41.1 Å². The molecule has 0 fully saturated rings. The highest BCUT2D eigenvalue weighted by molar-refractivity contribution is 14.1. The first kappa shape index (κ1) is 14.6. The first-order valence-corrected chi connectivity index (χ1v) is 6.73. The Bertz CT molecular complexity index is 396. The van der Waals surface area contributed by atoms with Gasteiger partial charge in [0.15, 0.2) is 0 Å². The Morgan fingerprint density at radius 3 is 2.24 bits per heavy atom. The van der Waals surface area contributed by atoms with Gasteiger partial charge < -0.3 is 10.2 Å². The van der Waals surface area contributed by atoms with Crippen LogP contribution in [0.5, 0.6) is 0 Å². The highest BCUT2D eigenvalue weighted by Crippen LogP contribution is 2.29. The molecule has 0 aromatic carbocycles. The van der Waals surface area contributed by atoms with Gasteiger partial charge in [-0.05, 0) is 36.7 Å². The Kier molecular flexibility index (Phi) is 4.71. The lowest BCUT2D eigenvalue weighted by Crippen LogP contribution is -2.21. The number of anilines is 1. The number of aromatic nitrogens is 2. The zero-order valence-corrected chi connectivity index (χ0v) is 13.6. The molecule has 1 rings (SSSR count). The lowest BCUT2D eigenvalue weighted by atomic mass is 9.92. The van der Waals surface area contributed by atoms with Gasteiger partial charge in [0, 0.05) is 12.5 Å². The Morgan fingerprint density at radius 2 is 1.82 bits per heavy atom. The van der Waals surface area contributed by atoms with Gasteiger partial charge in [0.05, 0.1) is 15.8 Å². The minimum atomic E-state index is 0.0339. The molecular weight excluding hydrogens is 327 g/mol. The average molecular weight is 348 g/mol. The van der Waals surface area contributed by atoms with Crippen LogP contribution in [-0.4, -0.2) is 36.0 Å². The van der Waals surface area contributed by atoms with Crippen molar-refractivity contribution in [3.63, 3.8) is 0 Å². The molecule has 0 atom stereocenters. The van der Waals surface area contributed by atoms with Gasteiger partial charge in [-0.1, -0.05) is 20.8 Å². The fraction of sp³-hybridized carbons (Fsp3) is 0.667. The Hall–Kier alpha value is -0.430. The van der Waals surface area contributed by atoms with E-state index in [1.54, 1.807) is 0 Å². The number of nitrogens with zero attached hydrogens (tertiary/aromatic N) is 3. The molecule has 0 aliphatic rings. The van der Waals surface area contributed by atoms with Crippen LogP contribution in [0.3, 0.4) is 0 Å². The van der Waals surface area contributed by atoms with Crippen molar-refractivity contribution in [1.29, 1.82) is 0 Å². The molecule has 0 saturated heterocycles. The third kappa shape index (κ3) is 3.77. The normalized spacial score (nSPS) is 12.0. The van der Waals surface area contributed by atoms with E-state index >= 15 is 0 Å². The standard InChI is InChI=1S/C12H21IN4/c1-12(2,3)10-9(13)11(14-4)16-8(15-10)7-17(5)6/h7H2,1-6H3,(H,14,15,16). The van der Waals surface area contributed by atoms with Crippen LogP contribution < -0.4 is 5.32 Å². The minimum Gasteiger partial charge on any atom is -0.372 e. The van der Waals surface area contributed by atoms with Crippen molar-refractivity contribution in [2.75, 3.05) is 26.5 Å². The van der Waals surface area contributed by atoms with Gasteiger partial charge in [0.25, 0.3) is 0 Å². The molecule has 1 aromatic rings. The number of halogens is 1. The zero-order chi connectivity index (χ0) is 13.2. The molecule has 17 heavy (non-hydrogen) atoms. The van der Waals surface area contributed by atoms with Crippen molar-refractivity contribution in [2.45, 2.75) is 32.7 Å². The van der Waals surface area contributed by atoms with Crippen molar-refractivity contribution in [2.24, 2.45) is 0 Å². The lowest BCUT2D eigenvalue weighted by Gasteiger charge is -2.22. The first-order chi connectivity index (χ1) is 7.75. The van der Waals surface area contributed by atoms with Crippen LogP contribution in [0.1, 0.15) is 32.3 Å². The van der Waals surface area contributed by atoms with Crippen molar-refractivity contribution in [1.82, 2.24) is 14.9 Å². The summed E-state index contributed by atoms with van der Waals surface area (Å²) in [5.41, 5.74) is 1.14. The van der Waals surface area contributed by atoms with E-state index in [1.807, 2.05) is 21.1 Å². The average Bonchev–Trinajstić information content (AvgIpc) is 2.17. The fourth-order valence-electron chi connectivity index (χ4n) is 1.51. The maximum Gasteiger partial charge on any atom is 0.145 e. The minimum absolute atomic E-state index is 0.0339. The van der Waals surface area contributed by atoms with E-state index in [0.717, 1.165) is 27.5 Å². The third-order valence-electron chi connectivity index (χ3n) is 2.30. The summed E-state index contributed by atoms with van der Waals surface area (Å²) in [5.74, 6) is 1.78. The number of rotatable bonds is 3. The molecule has 96 valence electrons. The molecule has 5 heteroatoms. The summed E-state index contributed by atoms with van der Waals surface area (Å²) in [5, 5.41) is 3.14. The molecule has 1 heterocycles. The molecule has 0 radical (unpaired) electrons. The zero-order valence-electron chi connectivity index (χ0n) is 11.4. The van der Waals surface area contributed by atoms with E-state index in [2.05, 4.69) is 58.6 Å². The second kappa shape index (κ2) is 5.48. The molecule has 0 amide bonds. The van der Waals surface area contributed by atoms with Crippen LogP contribution in [0.25, 0.3) is 0 Å². The third-order valence-corrected chi connectivity index (χ3v) is 3.32. The summed E-state index contributed by atoms with van der Waals surface area (Å²) in [4.78, 5) is 11.3. The Labute approximate surface area is 117 Å². The van der Waals surface area contributed by atoms with Crippen LogP contribution in [0.4, 0.5) is 5.82 Å². The SMILES string of the molecule is CNc1nc(CN(C)C)nc(C(C)(C)C)c1I. The quantitative estimate of drug-likeness (QED) is 0.853. The summed E-state index contributed by atoms with van der Waals surface area (Å²) in [7, 11) is 5.95. The van der Waals surface area contributed by atoms with E-state index in [-0.39, 0.29) is 5.41 Å². The molecule has 1 aromatic heterocycles. The van der Waals surface area contributed by atoms with Crippen molar-refractivity contribution in [3.8, 4) is 0 Å². The van der Waals surface area contributed by atoms with Gasteiger partial charge in [0.1, 0.15) is 11.6 Å². The second-order valence-electron chi connectivity index (χ2n) is 5.39. The van der Waals surface area contributed by atoms with Crippen LogP contribution >= 0.6 is 22.6 Å². The number of nitrogens with one attached hydrogen (secondary N) is 1. The van der Waals surface area contributed by atoms with Crippen LogP contribution in [-0.2, 0) is 12.0 Å². The highest BCUT2D eigenvalue weighted by atomic mass is 127. The van der Waals surface area contributed by atoms with Crippen LogP contribution in [0.2, 0.25) is 0 Å². The van der Waals surface area contributed by atoms with E-state index < -0.39 is 0 Å². The maximum atomic E-state index is 4.69. The lowest BCUT2D eigenvalue weighted by molar-refractivity contribution is 0.388. The monoisotopic (exact) mass is 348 g/mol. The van der Waals surface area contributed by atoms with Crippen LogP contribution in [0, 0.1) is 3.57 Å². The van der Waals surface area contributed by atoms with E-state index in [1.165, 1.54) is 0 Å². The molecule has 0 bridgehead atoms. The largest absolute Gasteiger partial charge is 0.372 e. The van der Waals surface area contributed by atoms with Crippen molar-refractivity contribution < 1.29 is 0 Å². The number of hydrogen-bond donors (Lipinski definition) is 1. The maximum absolute atomic E-state index is 4.69. The van der Waals surface area contributed by atoms with Gasteiger partial charge in [0.2, 0.25) is 0 Å². The van der Waals surface area contributed by atoms with Gasteiger partial charge in [-0.3, -0.25) is 0 Å². The second-order valence-corrected chi connectivity index (χ2v) is 6.47. The first-order valence-electron chi connectivity index (χ1n) is 5.65. The molecular formula is C12H21IN4. The van der Waals surface area contributed by atoms with Gasteiger partial charge in [-0.2, -0.15) is 0 Å². The van der Waals surface area contributed by atoms with E-state index in [9.17, 15) is 0 Å². The van der Waals surface area contributed by atoms with Crippen molar-refractivity contribution in [3.05, 3.63) is 15.1 Å². The fourth-order valence-corrected chi connectivity index (χ4v) is 2.83. The molecule has 0 saturated carbocycles. The predicted molar refractivity (Wildman–Crippen MR) is 80.4 cm³/mol.